The summed E-state index contributed by atoms with van der Waals surface area (Å²) in [5, 5.41) is 21.6. The van der Waals surface area contributed by atoms with Gasteiger partial charge < -0.3 is 24.3 Å². The number of nitrogens with zero attached hydrogens (tertiary/aromatic N) is 1. The van der Waals surface area contributed by atoms with E-state index in [1.807, 2.05) is 11.9 Å². The van der Waals surface area contributed by atoms with Crippen molar-refractivity contribution >= 4 is 28.5 Å². The Morgan fingerprint density at radius 1 is 1.25 bits per heavy atom. The second-order valence-electron chi connectivity index (χ2n) is 8.03. The number of piperidine rings is 1. The number of rotatable bonds is 4. The standard InChI is InChI=1S/C24H24ClNO6/c1-3-21(30)31-20-12-26(2)9-8-14(20)22-16(27)10-17(28)23-18(29)11-19(32-24(22)23)13-6-4-5-7-15(13)25/h4-7,10-11,14,20,27-28H,3,8-9,12H2,1-2H3. The van der Waals surface area contributed by atoms with Crippen molar-refractivity contribution in [1.82, 2.24) is 4.90 Å². The maximum atomic E-state index is 13.0. The summed E-state index contributed by atoms with van der Waals surface area (Å²) in [5.41, 5.74) is 0.456. The maximum Gasteiger partial charge on any atom is 0.305 e. The Hall–Kier alpha value is -3.03. The highest BCUT2D eigenvalue weighted by molar-refractivity contribution is 6.33. The van der Waals surface area contributed by atoms with Crippen LogP contribution in [-0.4, -0.2) is 47.3 Å². The summed E-state index contributed by atoms with van der Waals surface area (Å²) in [6.07, 6.45) is 0.237. The van der Waals surface area contributed by atoms with Crippen LogP contribution < -0.4 is 5.43 Å². The van der Waals surface area contributed by atoms with Gasteiger partial charge in [0.15, 0.2) is 5.43 Å². The number of hydrogen-bond donors (Lipinski definition) is 2. The van der Waals surface area contributed by atoms with Gasteiger partial charge in [-0.05, 0) is 32.1 Å². The molecule has 0 amide bonds. The molecule has 1 aromatic heterocycles. The number of phenols is 2. The highest BCUT2D eigenvalue weighted by atomic mass is 35.5. The summed E-state index contributed by atoms with van der Waals surface area (Å²) in [6, 6.07) is 9.34. The first-order valence-electron chi connectivity index (χ1n) is 10.5. The molecule has 2 heterocycles. The lowest BCUT2D eigenvalue weighted by Gasteiger charge is -2.36. The van der Waals surface area contributed by atoms with Gasteiger partial charge in [-0.1, -0.05) is 30.7 Å². The Morgan fingerprint density at radius 2 is 2.00 bits per heavy atom. The fraction of sp³-hybridized carbons (Fsp3) is 0.333. The normalized spacial score (nSPS) is 19.2. The van der Waals surface area contributed by atoms with Crippen molar-refractivity contribution in [2.75, 3.05) is 20.1 Å². The predicted molar refractivity (Wildman–Crippen MR) is 121 cm³/mol. The van der Waals surface area contributed by atoms with Gasteiger partial charge in [0.2, 0.25) is 0 Å². The molecule has 2 unspecified atom stereocenters. The lowest BCUT2D eigenvalue weighted by Crippen LogP contribution is -2.43. The third kappa shape index (κ3) is 4.06. The zero-order valence-corrected chi connectivity index (χ0v) is 18.6. The van der Waals surface area contributed by atoms with E-state index in [1.54, 1.807) is 31.2 Å². The molecule has 2 atom stereocenters. The zero-order valence-electron chi connectivity index (χ0n) is 17.8. The maximum absolute atomic E-state index is 13.0. The molecule has 1 saturated heterocycles. The lowest BCUT2D eigenvalue weighted by molar-refractivity contribution is -0.152. The SMILES string of the molecule is CCC(=O)OC1CN(C)CCC1c1c(O)cc(O)c2c(=O)cc(-c3ccccc3Cl)oc12. The van der Waals surface area contributed by atoms with Crippen molar-refractivity contribution in [3.8, 4) is 22.8 Å². The average molecular weight is 458 g/mol. The van der Waals surface area contributed by atoms with E-state index in [1.165, 1.54) is 6.07 Å². The summed E-state index contributed by atoms with van der Waals surface area (Å²) in [7, 11) is 1.92. The van der Waals surface area contributed by atoms with Gasteiger partial charge in [0.05, 0.1) is 5.02 Å². The molecule has 7 nitrogen and oxygen atoms in total. The zero-order chi connectivity index (χ0) is 23.0. The number of carbonyl (C=O) groups excluding carboxylic acids is 1. The molecule has 8 heteroatoms. The largest absolute Gasteiger partial charge is 0.507 e. The molecule has 168 valence electrons. The number of likely N-dealkylation sites (tertiary alicyclic amines) is 1. The van der Waals surface area contributed by atoms with Crippen LogP contribution in [-0.2, 0) is 9.53 Å². The molecule has 1 fully saturated rings. The molecule has 0 aliphatic carbocycles. The van der Waals surface area contributed by atoms with E-state index < -0.39 is 17.5 Å². The molecule has 1 aliphatic rings. The second-order valence-corrected chi connectivity index (χ2v) is 8.43. The van der Waals surface area contributed by atoms with E-state index in [0.29, 0.717) is 35.7 Å². The van der Waals surface area contributed by atoms with Gasteiger partial charge >= 0.3 is 5.97 Å². The molecule has 2 N–H and O–H groups in total. The number of carbonyl (C=O) groups is 1. The summed E-state index contributed by atoms with van der Waals surface area (Å²) < 4.78 is 11.8. The van der Waals surface area contributed by atoms with Crippen LogP contribution in [0.4, 0.5) is 0 Å². The highest BCUT2D eigenvalue weighted by Crippen LogP contribution is 2.43. The fourth-order valence-corrected chi connectivity index (χ4v) is 4.48. The molecule has 3 aromatic rings. The first-order chi connectivity index (χ1) is 15.3. The first kappa shape index (κ1) is 22.2. The minimum atomic E-state index is -0.547. The third-order valence-electron chi connectivity index (χ3n) is 5.84. The molecular formula is C24H24ClNO6. The van der Waals surface area contributed by atoms with E-state index in [9.17, 15) is 19.8 Å². The topological polar surface area (TPSA) is 100 Å². The summed E-state index contributed by atoms with van der Waals surface area (Å²) in [4.78, 5) is 27.1. The highest BCUT2D eigenvalue weighted by Gasteiger charge is 2.36. The number of fused-ring (bicyclic) bond motifs is 1. The molecular weight excluding hydrogens is 434 g/mol. The van der Waals surface area contributed by atoms with E-state index in [0.717, 1.165) is 6.07 Å². The quantitative estimate of drug-likeness (QED) is 0.564. The second kappa shape index (κ2) is 8.84. The van der Waals surface area contributed by atoms with Crippen LogP contribution in [0.5, 0.6) is 11.5 Å². The molecule has 0 spiro atoms. The van der Waals surface area contributed by atoms with Crippen molar-refractivity contribution in [3.05, 3.63) is 57.2 Å². The molecule has 0 bridgehead atoms. The van der Waals surface area contributed by atoms with Crippen molar-refractivity contribution in [1.29, 1.82) is 0 Å². The smallest absolute Gasteiger partial charge is 0.305 e. The van der Waals surface area contributed by atoms with Gasteiger partial charge in [-0.25, -0.2) is 0 Å². The van der Waals surface area contributed by atoms with Crippen LogP contribution in [0.3, 0.4) is 0 Å². The fourth-order valence-electron chi connectivity index (χ4n) is 4.25. The van der Waals surface area contributed by atoms with Crippen LogP contribution in [0.1, 0.15) is 31.2 Å². The van der Waals surface area contributed by atoms with Crippen LogP contribution in [0, 0.1) is 0 Å². The minimum Gasteiger partial charge on any atom is -0.507 e. The Labute approximate surface area is 189 Å². The number of aromatic hydroxyl groups is 2. The number of likely N-dealkylation sites (N-methyl/N-ethyl adjacent to an activating group) is 1. The molecule has 0 saturated carbocycles. The van der Waals surface area contributed by atoms with E-state index >= 15 is 0 Å². The Bertz CT molecular complexity index is 1240. The summed E-state index contributed by atoms with van der Waals surface area (Å²) in [6.45, 7) is 2.87. The number of halogens is 1. The average Bonchev–Trinajstić information content (AvgIpc) is 2.74. The Morgan fingerprint density at radius 3 is 2.72 bits per heavy atom. The van der Waals surface area contributed by atoms with E-state index in [4.69, 9.17) is 20.8 Å². The van der Waals surface area contributed by atoms with Crippen molar-refractivity contribution in [3.63, 3.8) is 0 Å². The summed E-state index contributed by atoms with van der Waals surface area (Å²) in [5.74, 6) is -1.16. The monoisotopic (exact) mass is 457 g/mol. The number of hydrogen-bond acceptors (Lipinski definition) is 7. The van der Waals surface area contributed by atoms with Crippen LogP contribution >= 0.6 is 11.6 Å². The minimum absolute atomic E-state index is 0.0342. The molecule has 1 aliphatic heterocycles. The van der Waals surface area contributed by atoms with E-state index in [-0.39, 0.29) is 40.6 Å². The molecule has 32 heavy (non-hydrogen) atoms. The number of phenolic OH excluding ortho intramolecular Hbond substituents is 2. The van der Waals surface area contributed by atoms with Gasteiger partial charge in [0.25, 0.3) is 0 Å². The Kier molecular flexibility index (Phi) is 6.13. The molecule has 4 rings (SSSR count). The number of esters is 1. The van der Waals surface area contributed by atoms with Gasteiger partial charge in [0, 0.05) is 42.1 Å². The van der Waals surface area contributed by atoms with Gasteiger partial charge in [0.1, 0.15) is 34.3 Å². The third-order valence-corrected chi connectivity index (χ3v) is 6.17. The predicted octanol–water partition coefficient (Wildman–Crippen LogP) is 4.27. The van der Waals surface area contributed by atoms with Gasteiger partial charge in [-0.15, -0.1) is 0 Å². The van der Waals surface area contributed by atoms with Crippen molar-refractivity contribution in [2.24, 2.45) is 0 Å². The lowest BCUT2D eigenvalue weighted by atomic mass is 9.85. The number of benzene rings is 2. The first-order valence-corrected chi connectivity index (χ1v) is 10.8. The Balaban J connectivity index is 1.95. The number of ether oxygens (including phenoxy) is 1. The van der Waals surface area contributed by atoms with Crippen LogP contribution in [0.2, 0.25) is 5.02 Å². The summed E-state index contributed by atoms with van der Waals surface area (Å²) >= 11 is 6.30. The van der Waals surface area contributed by atoms with Crippen molar-refractivity contribution in [2.45, 2.75) is 31.8 Å². The van der Waals surface area contributed by atoms with Crippen molar-refractivity contribution < 1.29 is 24.2 Å². The molecule has 2 aromatic carbocycles. The molecule has 0 radical (unpaired) electrons. The van der Waals surface area contributed by atoms with Crippen LogP contribution in [0.15, 0.2) is 45.6 Å². The van der Waals surface area contributed by atoms with Gasteiger partial charge in [-0.3, -0.25) is 9.59 Å². The van der Waals surface area contributed by atoms with E-state index in [2.05, 4.69) is 0 Å². The van der Waals surface area contributed by atoms with Crippen LogP contribution in [0.25, 0.3) is 22.3 Å². The van der Waals surface area contributed by atoms with Gasteiger partial charge in [-0.2, -0.15) is 0 Å².